The smallest absolute Gasteiger partial charge is 0.317 e. The molecule has 166 valence electrons. The molecule has 0 spiro atoms. The Morgan fingerprint density at radius 2 is 1.17 bits per heavy atom. The van der Waals surface area contributed by atoms with Gasteiger partial charge >= 0.3 is 5.97 Å². The van der Waals surface area contributed by atoms with E-state index in [1.807, 2.05) is 60.3 Å². The maximum Gasteiger partial charge on any atom is 0.317 e. The Kier molecular flexibility index (Phi) is 10.4. The average molecular weight is 408 g/mol. The van der Waals surface area contributed by atoms with Crippen LogP contribution in [0.4, 0.5) is 0 Å². The first-order chi connectivity index (χ1) is 13.0. The maximum atomic E-state index is 11.2. The molecule has 0 radical (unpaired) electrons. The number of hydrogen-bond acceptors (Lipinski definition) is 4. The molecular formula is C24H41NO4. The lowest BCUT2D eigenvalue weighted by molar-refractivity contribution is -0.139. The molecule has 0 atom stereocenters. The van der Waals surface area contributed by atoms with Crippen molar-refractivity contribution in [2.45, 2.75) is 79.4 Å². The third kappa shape index (κ3) is 13.3. The summed E-state index contributed by atoms with van der Waals surface area (Å²) in [7, 11) is 0. The van der Waals surface area contributed by atoms with Crippen LogP contribution in [0.1, 0.15) is 68.2 Å². The zero-order valence-corrected chi connectivity index (χ0v) is 19.7. The van der Waals surface area contributed by atoms with E-state index in [-0.39, 0.29) is 28.6 Å². The summed E-state index contributed by atoms with van der Waals surface area (Å²) in [6, 6.07) is 0. The Bertz CT molecular complexity index is 559. The number of ether oxygens (including phenoxy) is 2. The Labute approximate surface area is 178 Å². The van der Waals surface area contributed by atoms with E-state index in [9.17, 15) is 9.90 Å². The molecule has 0 heterocycles. The Morgan fingerprint density at radius 3 is 1.45 bits per heavy atom. The molecule has 29 heavy (non-hydrogen) atoms. The quantitative estimate of drug-likeness (QED) is 0.440. The maximum absolute atomic E-state index is 11.2. The van der Waals surface area contributed by atoms with Crippen molar-refractivity contribution in [3.8, 4) is 24.7 Å². The molecule has 0 aromatic carbocycles. The van der Waals surface area contributed by atoms with E-state index in [2.05, 4.69) is 11.8 Å². The van der Waals surface area contributed by atoms with Gasteiger partial charge in [-0.15, -0.1) is 24.7 Å². The highest BCUT2D eigenvalue weighted by atomic mass is 16.5. The number of aliphatic carboxylic acids is 1. The van der Waals surface area contributed by atoms with Crippen LogP contribution >= 0.6 is 0 Å². The summed E-state index contributed by atoms with van der Waals surface area (Å²) in [4.78, 5) is 13.0. The van der Waals surface area contributed by atoms with Crippen molar-refractivity contribution in [1.82, 2.24) is 4.90 Å². The highest BCUT2D eigenvalue weighted by Gasteiger charge is 2.29. The van der Waals surface area contributed by atoms with Crippen LogP contribution in [0.2, 0.25) is 0 Å². The fourth-order valence-corrected chi connectivity index (χ4v) is 3.70. The number of nitrogens with zero attached hydrogens (tertiary/aromatic N) is 1. The minimum Gasteiger partial charge on any atom is -0.480 e. The summed E-state index contributed by atoms with van der Waals surface area (Å²) in [6.07, 6.45) is 12.6. The largest absolute Gasteiger partial charge is 0.480 e. The summed E-state index contributed by atoms with van der Waals surface area (Å²) in [5.41, 5.74) is -1.28. The number of rotatable bonds is 14. The predicted molar refractivity (Wildman–Crippen MR) is 119 cm³/mol. The molecule has 0 rings (SSSR count). The van der Waals surface area contributed by atoms with Crippen LogP contribution in [0.3, 0.4) is 0 Å². The number of carbonyl (C=O) groups is 1. The molecule has 0 aromatic rings. The zero-order valence-electron chi connectivity index (χ0n) is 19.7. The molecule has 5 heteroatoms. The van der Waals surface area contributed by atoms with Gasteiger partial charge in [-0.3, -0.25) is 9.69 Å². The third-order valence-electron chi connectivity index (χ3n) is 4.68. The summed E-state index contributed by atoms with van der Waals surface area (Å²) in [5.74, 6) is 4.71. The van der Waals surface area contributed by atoms with Gasteiger partial charge in [0.1, 0.15) is 0 Å². The number of terminal acetylenes is 2. The number of hydrogen-bond donors (Lipinski definition) is 1. The zero-order chi connectivity index (χ0) is 22.9. The van der Waals surface area contributed by atoms with Crippen LogP contribution in [-0.4, -0.2) is 60.0 Å². The number of carboxylic acid groups (broad SMARTS) is 1. The van der Waals surface area contributed by atoms with Gasteiger partial charge in [0, 0.05) is 23.9 Å². The molecular weight excluding hydrogens is 366 g/mol. The molecule has 0 saturated carbocycles. The van der Waals surface area contributed by atoms with Crippen molar-refractivity contribution in [1.29, 1.82) is 0 Å². The third-order valence-corrected chi connectivity index (χ3v) is 4.68. The SMILES string of the molecule is C#CC(C)(C)CC(C)(C)OCCN(CCOC(C)(C)CC(C)(C)C#C)CC(=O)O. The van der Waals surface area contributed by atoms with Gasteiger partial charge in [0.15, 0.2) is 0 Å². The molecule has 0 unspecified atom stereocenters. The monoisotopic (exact) mass is 407 g/mol. The second kappa shape index (κ2) is 11.0. The van der Waals surface area contributed by atoms with Crippen molar-refractivity contribution in [2.75, 3.05) is 32.8 Å². The highest BCUT2D eigenvalue weighted by molar-refractivity contribution is 5.69. The fourth-order valence-electron chi connectivity index (χ4n) is 3.70. The van der Waals surface area contributed by atoms with Gasteiger partial charge in [-0.05, 0) is 68.2 Å². The molecule has 0 aliphatic carbocycles. The Morgan fingerprint density at radius 1 is 0.828 bits per heavy atom. The van der Waals surface area contributed by atoms with E-state index < -0.39 is 5.97 Å². The minimum absolute atomic E-state index is 0.0563. The van der Waals surface area contributed by atoms with Gasteiger partial charge in [-0.25, -0.2) is 0 Å². The first-order valence-corrected chi connectivity index (χ1v) is 10.2. The van der Waals surface area contributed by atoms with E-state index in [1.54, 1.807) is 0 Å². The molecule has 1 N–H and O–H groups in total. The lowest BCUT2D eigenvalue weighted by atomic mass is 9.82. The van der Waals surface area contributed by atoms with Gasteiger partial charge in [-0.1, -0.05) is 0 Å². The highest BCUT2D eigenvalue weighted by Crippen LogP contribution is 2.30. The van der Waals surface area contributed by atoms with Gasteiger partial charge in [0.05, 0.1) is 31.0 Å². The standard InChI is InChI=1S/C24H41NO4/c1-11-21(3,4)18-23(7,8)28-15-13-25(17-20(26)27)14-16-29-24(9,10)19-22(5,6)12-2/h1-2H,13-19H2,3-10H3,(H,26,27). The summed E-state index contributed by atoms with van der Waals surface area (Å²) >= 11 is 0. The van der Waals surface area contributed by atoms with E-state index in [0.717, 1.165) is 12.8 Å². The van der Waals surface area contributed by atoms with Crippen molar-refractivity contribution in [2.24, 2.45) is 10.8 Å². The number of carboxylic acids is 1. The van der Waals surface area contributed by atoms with Gasteiger partial charge in [-0.2, -0.15) is 0 Å². The van der Waals surface area contributed by atoms with E-state index in [0.29, 0.717) is 26.3 Å². The Hall–Kier alpha value is -1.53. The van der Waals surface area contributed by atoms with Crippen LogP contribution < -0.4 is 0 Å². The Balaban J connectivity index is 4.63. The minimum atomic E-state index is -0.870. The first kappa shape index (κ1) is 27.5. The van der Waals surface area contributed by atoms with Crippen LogP contribution in [0.5, 0.6) is 0 Å². The molecule has 0 aromatic heterocycles. The predicted octanol–water partition coefficient (Wildman–Crippen LogP) is 4.06. The van der Waals surface area contributed by atoms with E-state index in [1.165, 1.54) is 0 Å². The van der Waals surface area contributed by atoms with E-state index >= 15 is 0 Å². The van der Waals surface area contributed by atoms with Crippen molar-refractivity contribution in [3.05, 3.63) is 0 Å². The molecule has 0 aliphatic rings. The molecule has 0 bridgehead atoms. The normalized spacial score (nSPS) is 13.2. The average Bonchev–Trinajstić information content (AvgIpc) is 2.51. The topological polar surface area (TPSA) is 59.0 Å². The second-order valence-corrected chi connectivity index (χ2v) is 10.3. The van der Waals surface area contributed by atoms with Gasteiger partial charge in [0.2, 0.25) is 0 Å². The van der Waals surface area contributed by atoms with Crippen LogP contribution in [0, 0.1) is 35.5 Å². The molecule has 5 nitrogen and oxygen atoms in total. The first-order valence-electron chi connectivity index (χ1n) is 10.2. The molecule has 0 amide bonds. The van der Waals surface area contributed by atoms with Crippen molar-refractivity contribution in [3.63, 3.8) is 0 Å². The van der Waals surface area contributed by atoms with Gasteiger partial charge in [0.25, 0.3) is 0 Å². The van der Waals surface area contributed by atoms with Crippen molar-refractivity contribution >= 4 is 5.97 Å². The van der Waals surface area contributed by atoms with Crippen molar-refractivity contribution < 1.29 is 19.4 Å². The summed E-state index contributed by atoms with van der Waals surface area (Å²) < 4.78 is 12.0. The summed E-state index contributed by atoms with van der Waals surface area (Å²) in [5, 5.41) is 9.20. The second-order valence-electron chi connectivity index (χ2n) is 10.3. The molecule has 0 fully saturated rings. The van der Waals surface area contributed by atoms with E-state index in [4.69, 9.17) is 22.3 Å². The lowest BCUT2D eigenvalue weighted by Gasteiger charge is -2.34. The molecule has 0 saturated heterocycles. The lowest BCUT2D eigenvalue weighted by Crippen LogP contribution is -2.40. The summed E-state index contributed by atoms with van der Waals surface area (Å²) in [6.45, 7) is 17.9. The fraction of sp³-hybridized carbons (Fsp3) is 0.792. The van der Waals surface area contributed by atoms with Gasteiger partial charge < -0.3 is 14.6 Å². The molecule has 0 aliphatic heterocycles. The van der Waals surface area contributed by atoms with Crippen LogP contribution in [0.25, 0.3) is 0 Å². The van der Waals surface area contributed by atoms with Crippen LogP contribution in [0.15, 0.2) is 0 Å². The van der Waals surface area contributed by atoms with Crippen LogP contribution in [-0.2, 0) is 14.3 Å².